The summed E-state index contributed by atoms with van der Waals surface area (Å²) < 4.78 is 19.1. The predicted octanol–water partition coefficient (Wildman–Crippen LogP) is 5.29. The molecule has 0 atom stereocenters. The minimum Gasteiger partial charge on any atom is -0.411 e. The maximum atomic E-state index is 6.41. The number of allylic oxidation sites excluding steroid dienone is 1. The Balaban J connectivity index is 2.30. The Morgan fingerprint density at radius 3 is 2.00 bits per heavy atom. The van der Waals surface area contributed by atoms with Crippen LogP contribution in [0.15, 0.2) is 11.2 Å². The van der Waals surface area contributed by atoms with Crippen LogP contribution < -0.4 is 0 Å². The molecule has 2 aliphatic rings. The first kappa shape index (κ1) is 20.2. The van der Waals surface area contributed by atoms with Gasteiger partial charge in [0.05, 0.1) is 11.2 Å². The highest BCUT2D eigenvalue weighted by Gasteiger charge is 2.53. The van der Waals surface area contributed by atoms with Crippen LogP contribution in [-0.2, 0) is 13.7 Å². The maximum Gasteiger partial charge on any atom is 0.490 e. The van der Waals surface area contributed by atoms with Crippen LogP contribution in [0.25, 0.3) is 0 Å². The van der Waals surface area contributed by atoms with Crippen LogP contribution in [0, 0.1) is 5.92 Å². The van der Waals surface area contributed by atoms with Gasteiger partial charge in [0.15, 0.2) is 0 Å². The molecule has 0 amide bonds. The molecule has 0 aromatic heterocycles. The smallest absolute Gasteiger partial charge is 0.411 e. The second kappa shape index (κ2) is 7.26. The summed E-state index contributed by atoms with van der Waals surface area (Å²) >= 11 is 0. The molecule has 24 heavy (non-hydrogen) atoms. The molecule has 0 radical (unpaired) electrons. The van der Waals surface area contributed by atoms with Gasteiger partial charge in [-0.2, -0.15) is 0 Å². The summed E-state index contributed by atoms with van der Waals surface area (Å²) in [5.41, 5.74) is 3.21. The zero-order valence-electron chi connectivity index (χ0n) is 17.1. The van der Waals surface area contributed by atoms with Gasteiger partial charge >= 0.3 is 7.12 Å². The van der Waals surface area contributed by atoms with Gasteiger partial charge in [-0.3, -0.25) is 0 Å². The molecular formula is C19H37BO3Si. The highest BCUT2D eigenvalue weighted by molar-refractivity contribution is 6.78. The van der Waals surface area contributed by atoms with Crippen molar-refractivity contribution in [1.29, 1.82) is 0 Å². The number of hydrogen-bond donors (Lipinski definition) is 0. The van der Waals surface area contributed by atoms with Crippen LogP contribution in [-0.4, -0.2) is 32.7 Å². The van der Waals surface area contributed by atoms with E-state index in [-0.39, 0.29) is 24.4 Å². The Morgan fingerprint density at radius 2 is 1.54 bits per heavy atom. The molecule has 0 N–H and O–H groups in total. The fraction of sp³-hybridized carbons (Fsp3) is 0.895. The third-order valence-electron chi connectivity index (χ3n) is 5.66. The molecule has 0 aromatic rings. The molecule has 0 spiro atoms. The normalized spacial score (nSPS) is 25.5. The van der Waals surface area contributed by atoms with E-state index in [1.807, 2.05) is 0 Å². The maximum absolute atomic E-state index is 6.41. The van der Waals surface area contributed by atoms with E-state index in [9.17, 15) is 0 Å². The first-order valence-electron chi connectivity index (χ1n) is 9.70. The topological polar surface area (TPSA) is 27.7 Å². The summed E-state index contributed by atoms with van der Waals surface area (Å²) in [6, 6.07) is 0. The van der Waals surface area contributed by atoms with Gasteiger partial charge < -0.3 is 13.7 Å². The lowest BCUT2D eigenvalue weighted by Gasteiger charge is -2.32. The molecule has 0 aromatic carbocycles. The molecule has 0 unspecified atom stereocenters. The van der Waals surface area contributed by atoms with Crippen molar-refractivity contribution < 1.29 is 13.7 Å². The van der Waals surface area contributed by atoms with Crippen molar-refractivity contribution in [3.63, 3.8) is 0 Å². The SMILES string of the molecule is CC(C)O[Si](C)(C)/C=C(/B1OC(C)(C)C(C)(C)O1)C1CCCCC1. The van der Waals surface area contributed by atoms with Crippen molar-refractivity contribution in [2.24, 2.45) is 5.92 Å². The molecule has 0 bridgehead atoms. The average Bonchev–Trinajstić information content (AvgIpc) is 2.64. The highest BCUT2D eigenvalue weighted by atomic mass is 28.4. The van der Waals surface area contributed by atoms with Crippen molar-refractivity contribution in [1.82, 2.24) is 0 Å². The first-order chi connectivity index (χ1) is 10.9. The summed E-state index contributed by atoms with van der Waals surface area (Å²) in [6.45, 7) is 17.4. The Labute approximate surface area is 150 Å². The Hall–Kier alpha value is -0.0982. The minimum atomic E-state index is -1.90. The van der Waals surface area contributed by atoms with E-state index in [2.05, 4.69) is 60.3 Å². The van der Waals surface area contributed by atoms with Gasteiger partial charge in [-0.05, 0) is 78.9 Å². The zero-order chi connectivity index (χ0) is 18.2. The monoisotopic (exact) mass is 352 g/mol. The minimum absolute atomic E-state index is 0.222. The van der Waals surface area contributed by atoms with E-state index >= 15 is 0 Å². The van der Waals surface area contributed by atoms with Gasteiger partial charge in [0.2, 0.25) is 8.32 Å². The molecule has 3 nitrogen and oxygen atoms in total. The average molecular weight is 352 g/mol. The summed E-state index contributed by atoms with van der Waals surface area (Å²) in [6.07, 6.45) is 6.75. The van der Waals surface area contributed by atoms with E-state index in [1.54, 1.807) is 0 Å². The Kier molecular flexibility index (Phi) is 6.11. The summed E-state index contributed by atoms with van der Waals surface area (Å²) in [4.78, 5) is 0. The van der Waals surface area contributed by atoms with E-state index in [0.717, 1.165) is 0 Å². The molecule has 2 rings (SSSR count). The fourth-order valence-corrected chi connectivity index (χ4v) is 6.29. The van der Waals surface area contributed by atoms with Gasteiger partial charge in [-0.25, -0.2) is 0 Å². The third kappa shape index (κ3) is 4.75. The molecule has 1 heterocycles. The third-order valence-corrected chi connectivity index (χ3v) is 7.76. The largest absolute Gasteiger partial charge is 0.490 e. The summed E-state index contributed by atoms with van der Waals surface area (Å²) in [7, 11) is -2.12. The van der Waals surface area contributed by atoms with Gasteiger partial charge in [0.1, 0.15) is 0 Å². The van der Waals surface area contributed by atoms with Crippen molar-refractivity contribution in [2.45, 2.75) is 104 Å². The van der Waals surface area contributed by atoms with E-state index in [1.165, 1.54) is 37.6 Å². The summed E-state index contributed by atoms with van der Waals surface area (Å²) in [5, 5.41) is 0. The van der Waals surface area contributed by atoms with Gasteiger partial charge in [-0.1, -0.05) is 25.0 Å². The van der Waals surface area contributed by atoms with Gasteiger partial charge in [-0.15, -0.1) is 0 Å². The van der Waals surface area contributed by atoms with Crippen LogP contribution in [0.3, 0.4) is 0 Å². The van der Waals surface area contributed by atoms with Crippen LogP contribution in [0.5, 0.6) is 0 Å². The molecule has 1 aliphatic carbocycles. The van der Waals surface area contributed by atoms with Crippen LogP contribution in [0.2, 0.25) is 13.1 Å². The van der Waals surface area contributed by atoms with Crippen molar-refractivity contribution in [2.75, 3.05) is 0 Å². The zero-order valence-corrected chi connectivity index (χ0v) is 18.1. The lowest BCUT2D eigenvalue weighted by molar-refractivity contribution is 0.00578. The lowest BCUT2D eigenvalue weighted by Crippen LogP contribution is -2.41. The summed E-state index contributed by atoms with van der Waals surface area (Å²) in [5.74, 6) is 0.580. The standard InChI is InChI=1S/C19H37BO3Si/c1-15(2)21-24(7,8)14-17(16-12-10-9-11-13-16)20-22-18(3,4)19(5,6)23-20/h14-16H,9-13H2,1-8H3/b17-14+. The van der Waals surface area contributed by atoms with Crippen molar-refractivity contribution in [3.05, 3.63) is 11.2 Å². The van der Waals surface area contributed by atoms with Crippen LogP contribution >= 0.6 is 0 Å². The molecule has 5 heteroatoms. The number of rotatable bonds is 5. The molecule has 2 fully saturated rings. The molecule has 1 saturated carbocycles. The molecule has 138 valence electrons. The second-order valence-corrected chi connectivity index (χ2v) is 13.1. The van der Waals surface area contributed by atoms with Gasteiger partial charge in [0, 0.05) is 6.10 Å². The van der Waals surface area contributed by atoms with Crippen LogP contribution in [0.4, 0.5) is 0 Å². The Morgan fingerprint density at radius 1 is 1.04 bits per heavy atom. The van der Waals surface area contributed by atoms with E-state index in [0.29, 0.717) is 5.92 Å². The number of hydrogen-bond acceptors (Lipinski definition) is 3. The fourth-order valence-electron chi connectivity index (χ4n) is 3.84. The van der Waals surface area contributed by atoms with Gasteiger partial charge in [0.25, 0.3) is 0 Å². The Bertz CT molecular complexity index is 449. The lowest BCUT2D eigenvalue weighted by atomic mass is 9.67. The highest BCUT2D eigenvalue weighted by Crippen LogP contribution is 2.42. The molecule has 1 aliphatic heterocycles. The van der Waals surface area contributed by atoms with E-state index in [4.69, 9.17) is 13.7 Å². The first-order valence-corrected chi connectivity index (χ1v) is 12.7. The van der Waals surface area contributed by atoms with E-state index < -0.39 is 8.32 Å². The quantitative estimate of drug-likeness (QED) is 0.629. The molecular weight excluding hydrogens is 315 g/mol. The molecule has 1 saturated heterocycles. The van der Waals surface area contributed by atoms with Crippen LogP contribution in [0.1, 0.15) is 73.6 Å². The second-order valence-electron chi connectivity index (χ2n) is 9.34. The van der Waals surface area contributed by atoms with Crippen molar-refractivity contribution >= 4 is 15.4 Å². The van der Waals surface area contributed by atoms with Crippen molar-refractivity contribution in [3.8, 4) is 0 Å². The predicted molar refractivity (Wildman–Crippen MR) is 104 cm³/mol.